The highest BCUT2D eigenvalue weighted by atomic mass is 35.5. The second kappa shape index (κ2) is 7.31. The Hall–Kier alpha value is -1.27. The van der Waals surface area contributed by atoms with Gasteiger partial charge in [0, 0.05) is 19.0 Å². The maximum Gasteiger partial charge on any atom is 0.410 e. The molecular weight excluding hydrogens is 328 g/mol. The number of nitrogens with one attached hydrogen (secondary N) is 1. The smallest absolute Gasteiger partial charge is 0.410 e. The van der Waals surface area contributed by atoms with Crippen molar-refractivity contribution in [2.45, 2.75) is 65.1 Å². The molecular formula is C17H29ClN4O2. The standard InChI is InChI=1S/C17H28N4O2.ClH/c1-12-19-15(13-5-7-18-8-6-13)14-11-20(9-10-21(12)14)16(22)23-17(2,3)4;/h13,18H,5-11H2,1-4H3;1H. The Morgan fingerprint density at radius 3 is 2.54 bits per heavy atom. The minimum atomic E-state index is -0.456. The van der Waals surface area contributed by atoms with Crippen LogP contribution in [-0.2, 0) is 17.8 Å². The first-order valence-corrected chi connectivity index (χ1v) is 8.59. The molecule has 1 aromatic heterocycles. The fourth-order valence-electron chi connectivity index (χ4n) is 3.48. The molecule has 0 unspecified atom stereocenters. The maximum absolute atomic E-state index is 12.4. The monoisotopic (exact) mass is 356 g/mol. The van der Waals surface area contributed by atoms with Gasteiger partial charge in [0.2, 0.25) is 0 Å². The van der Waals surface area contributed by atoms with Gasteiger partial charge in [-0.1, -0.05) is 0 Å². The largest absolute Gasteiger partial charge is 0.444 e. The number of fused-ring (bicyclic) bond motifs is 1. The average Bonchev–Trinajstić information content (AvgIpc) is 2.83. The molecule has 1 N–H and O–H groups in total. The molecule has 24 heavy (non-hydrogen) atoms. The van der Waals surface area contributed by atoms with E-state index in [1.807, 2.05) is 25.7 Å². The first-order valence-electron chi connectivity index (χ1n) is 8.59. The van der Waals surface area contributed by atoms with Gasteiger partial charge >= 0.3 is 6.09 Å². The molecule has 1 fully saturated rings. The van der Waals surface area contributed by atoms with Gasteiger partial charge in [-0.15, -0.1) is 12.4 Å². The molecule has 0 saturated carbocycles. The molecule has 2 aliphatic heterocycles. The maximum atomic E-state index is 12.4. The number of hydrogen-bond donors (Lipinski definition) is 1. The quantitative estimate of drug-likeness (QED) is 0.840. The summed E-state index contributed by atoms with van der Waals surface area (Å²) in [7, 11) is 0. The lowest BCUT2D eigenvalue weighted by Gasteiger charge is -2.32. The van der Waals surface area contributed by atoms with E-state index in [1.54, 1.807) is 0 Å². The Balaban J connectivity index is 0.00000208. The lowest BCUT2D eigenvalue weighted by Crippen LogP contribution is -2.42. The Bertz CT molecular complexity index is 588. The van der Waals surface area contributed by atoms with Gasteiger partial charge in [-0.3, -0.25) is 0 Å². The van der Waals surface area contributed by atoms with Gasteiger partial charge in [0.05, 0.1) is 17.9 Å². The summed E-state index contributed by atoms with van der Waals surface area (Å²) in [5, 5.41) is 3.40. The summed E-state index contributed by atoms with van der Waals surface area (Å²) in [6.07, 6.45) is 2.02. The van der Waals surface area contributed by atoms with Crippen molar-refractivity contribution < 1.29 is 9.53 Å². The van der Waals surface area contributed by atoms with E-state index >= 15 is 0 Å². The van der Waals surface area contributed by atoms with Crippen LogP contribution in [0.1, 0.15) is 56.7 Å². The van der Waals surface area contributed by atoms with E-state index in [9.17, 15) is 4.79 Å². The highest BCUT2D eigenvalue weighted by Gasteiger charge is 2.31. The van der Waals surface area contributed by atoms with Crippen LogP contribution in [-0.4, -0.2) is 45.8 Å². The van der Waals surface area contributed by atoms with Gasteiger partial charge in [0.25, 0.3) is 0 Å². The highest BCUT2D eigenvalue weighted by molar-refractivity contribution is 5.85. The fourth-order valence-corrected chi connectivity index (χ4v) is 3.48. The van der Waals surface area contributed by atoms with Gasteiger partial charge < -0.3 is 19.5 Å². The number of carbonyl (C=O) groups is 1. The van der Waals surface area contributed by atoms with E-state index in [0.29, 0.717) is 19.0 Å². The minimum absolute atomic E-state index is 0. The number of ether oxygens (including phenoxy) is 1. The van der Waals surface area contributed by atoms with E-state index in [-0.39, 0.29) is 18.5 Å². The zero-order valence-electron chi connectivity index (χ0n) is 15.1. The number of aryl methyl sites for hydroxylation is 1. The van der Waals surface area contributed by atoms with Crippen LogP contribution < -0.4 is 5.32 Å². The van der Waals surface area contributed by atoms with Crippen molar-refractivity contribution in [3.05, 3.63) is 17.2 Å². The second-order valence-corrected chi connectivity index (χ2v) is 7.57. The van der Waals surface area contributed by atoms with Crippen LogP contribution in [0, 0.1) is 6.92 Å². The van der Waals surface area contributed by atoms with Crippen molar-refractivity contribution >= 4 is 18.5 Å². The third kappa shape index (κ3) is 4.03. The normalized spacial score (nSPS) is 18.8. The van der Waals surface area contributed by atoms with Crippen LogP contribution in [0.2, 0.25) is 0 Å². The number of piperidine rings is 1. The zero-order valence-corrected chi connectivity index (χ0v) is 15.9. The Morgan fingerprint density at radius 1 is 1.25 bits per heavy atom. The summed E-state index contributed by atoms with van der Waals surface area (Å²) in [6.45, 7) is 12.0. The van der Waals surface area contributed by atoms with E-state index in [2.05, 4.69) is 16.8 Å². The predicted octanol–water partition coefficient (Wildman–Crippen LogP) is 2.83. The first kappa shape index (κ1) is 19.1. The average molecular weight is 357 g/mol. The molecule has 3 rings (SSSR count). The minimum Gasteiger partial charge on any atom is -0.444 e. The SMILES string of the molecule is Cc1nc(C2CCNCC2)c2n1CCN(C(=O)OC(C)(C)C)C2.Cl. The topological polar surface area (TPSA) is 59.4 Å². The number of rotatable bonds is 1. The molecule has 0 aromatic carbocycles. The van der Waals surface area contributed by atoms with Crippen molar-refractivity contribution in [3.63, 3.8) is 0 Å². The summed E-state index contributed by atoms with van der Waals surface area (Å²) in [6, 6.07) is 0. The molecule has 0 atom stereocenters. The summed E-state index contributed by atoms with van der Waals surface area (Å²) in [4.78, 5) is 19.0. The van der Waals surface area contributed by atoms with Gasteiger partial charge in [-0.05, 0) is 53.6 Å². The number of aromatic nitrogens is 2. The number of carbonyl (C=O) groups excluding carboxylic acids is 1. The number of nitrogens with zero attached hydrogens (tertiary/aromatic N) is 3. The second-order valence-electron chi connectivity index (χ2n) is 7.57. The predicted molar refractivity (Wildman–Crippen MR) is 95.7 cm³/mol. The molecule has 1 aromatic rings. The molecule has 0 aliphatic carbocycles. The third-order valence-corrected chi connectivity index (χ3v) is 4.61. The summed E-state index contributed by atoms with van der Waals surface area (Å²) >= 11 is 0. The van der Waals surface area contributed by atoms with Crippen molar-refractivity contribution in [2.75, 3.05) is 19.6 Å². The van der Waals surface area contributed by atoms with Crippen molar-refractivity contribution in [1.82, 2.24) is 19.8 Å². The van der Waals surface area contributed by atoms with Crippen LogP contribution in [0.4, 0.5) is 4.79 Å². The van der Waals surface area contributed by atoms with Crippen molar-refractivity contribution in [3.8, 4) is 0 Å². The van der Waals surface area contributed by atoms with E-state index in [0.717, 1.165) is 38.3 Å². The van der Waals surface area contributed by atoms with Crippen molar-refractivity contribution in [1.29, 1.82) is 0 Å². The van der Waals surface area contributed by atoms with Crippen LogP contribution in [0.5, 0.6) is 0 Å². The van der Waals surface area contributed by atoms with Gasteiger partial charge in [0.1, 0.15) is 11.4 Å². The summed E-state index contributed by atoms with van der Waals surface area (Å²) in [5.41, 5.74) is 1.94. The number of halogens is 1. The van der Waals surface area contributed by atoms with Crippen LogP contribution in [0.3, 0.4) is 0 Å². The molecule has 0 radical (unpaired) electrons. The molecule has 6 nitrogen and oxygen atoms in total. The molecule has 0 spiro atoms. The molecule has 2 aliphatic rings. The van der Waals surface area contributed by atoms with Gasteiger partial charge in [-0.2, -0.15) is 0 Å². The lowest BCUT2D eigenvalue weighted by atomic mass is 9.93. The Morgan fingerprint density at radius 2 is 1.92 bits per heavy atom. The first-order chi connectivity index (χ1) is 10.8. The van der Waals surface area contributed by atoms with Gasteiger partial charge in [0.15, 0.2) is 0 Å². The summed E-state index contributed by atoms with van der Waals surface area (Å²) in [5.74, 6) is 1.57. The molecule has 1 amide bonds. The number of imidazole rings is 1. The van der Waals surface area contributed by atoms with Crippen LogP contribution in [0.15, 0.2) is 0 Å². The van der Waals surface area contributed by atoms with E-state index in [1.165, 1.54) is 11.4 Å². The summed E-state index contributed by atoms with van der Waals surface area (Å²) < 4.78 is 7.81. The molecule has 136 valence electrons. The molecule has 3 heterocycles. The highest BCUT2D eigenvalue weighted by Crippen LogP contribution is 2.31. The fraction of sp³-hybridized carbons (Fsp3) is 0.765. The number of hydrogen-bond acceptors (Lipinski definition) is 4. The van der Waals surface area contributed by atoms with E-state index in [4.69, 9.17) is 9.72 Å². The third-order valence-electron chi connectivity index (χ3n) is 4.61. The van der Waals surface area contributed by atoms with Crippen LogP contribution >= 0.6 is 12.4 Å². The lowest BCUT2D eigenvalue weighted by molar-refractivity contribution is 0.0197. The zero-order chi connectivity index (χ0) is 16.6. The molecule has 7 heteroatoms. The van der Waals surface area contributed by atoms with Gasteiger partial charge in [-0.25, -0.2) is 9.78 Å². The Kier molecular flexibility index (Phi) is 5.81. The van der Waals surface area contributed by atoms with Crippen LogP contribution in [0.25, 0.3) is 0 Å². The van der Waals surface area contributed by atoms with Crippen molar-refractivity contribution in [2.24, 2.45) is 0 Å². The number of amides is 1. The molecule has 0 bridgehead atoms. The van der Waals surface area contributed by atoms with E-state index < -0.39 is 5.60 Å². The Labute approximate surface area is 150 Å². The molecule has 1 saturated heterocycles.